The van der Waals surface area contributed by atoms with Crippen molar-refractivity contribution in [1.29, 1.82) is 0 Å². The summed E-state index contributed by atoms with van der Waals surface area (Å²) in [6, 6.07) is 7.50. The van der Waals surface area contributed by atoms with Gasteiger partial charge in [-0.25, -0.2) is 14.8 Å². The lowest BCUT2D eigenvalue weighted by Crippen LogP contribution is -2.08. The van der Waals surface area contributed by atoms with E-state index in [9.17, 15) is 4.79 Å². The third-order valence-electron chi connectivity index (χ3n) is 3.14. The molecule has 120 valence electrons. The van der Waals surface area contributed by atoms with Crippen LogP contribution in [0.1, 0.15) is 18.1 Å². The minimum atomic E-state index is -0.519. The van der Waals surface area contributed by atoms with Crippen LogP contribution in [0.25, 0.3) is 5.57 Å². The zero-order valence-corrected chi connectivity index (χ0v) is 13.5. The third-order valence-corrected chi connectivity index (χ3v) is 3.14. The highest BCUT2D eigenvalue weighted by Gasteiger charge is 2.23. The summed E-state index contributed by atoms with van der Waals surface area (Å²) in [5.74, 6) is 0.545. The number of rotatable bonds is 5. The van der Waals surface area contributed by atoms with Crippen molar-refractivity contribution in [2.45, 2.75) is 13.8 Å². The lowest BCUT2D eigenvalue weighted by molar-refractivity contribution is -0.133. The number of ether oxygens (including phenoxy) is 3. The number of esters is 1. The van der Waals surface area contributed by atoms with E-state index in [2.05, 4.69) is 9.97 Å². The number of methoxy groups -OCH3 is 2. The van der Waals surface area contributed by atoms with Gasteiger partial charge in [0.05, 0.1) is 19.8 Å². The standard InChI is InChI=1S/C17H18N2O4/c1-5-13(17(20)22-4)14-15(21-3)18-10-19-16(14)23-12-8-6-7-11(2)9-12/h5-10H,1-4H3. The van der Waals surface area contributed by atoms with Gasteiger partial charge in [-0.15, -0.1) is 0 Å². The molecule has 0 saturated carbocycles. The summed E-state index contributed by atoms with van der Waals surface area (Å²) >= 11 is 0. The van der Waals surface area contributed by atoms with Gasteiger partial charge < -0.3 is 14.2 Å². The van der Waals surface area contributed by atoms with E-state index in [-0.39, 0.29) is 17.3 Å². The van der Waals surface area contributed by atoms with Crippen molar-refractivity contribution in [3.63, 3.8) is 0 Å². The topological polar surface area (TPSA) is 70.5 Å². The van der Waals surface area contributed by atoms with E-state index in [1.54, 1.807) is 19.1 Å². The minimum Gasteiger partial charge on any atom is -0.480 e. The van der Waals surface area contributed by atoms with Crippen LogP contribution in [-0.2, 0) is 9.53 Å². The van der Waals surface area contributed by atoms with E-state index >= 15 is 0 Å². The number of hydrogen-bond acceptors (Lipinski definition) is 6. The van der Waals surface area contributed by atoms with Gasteiger partial charge in [0.25, 0.3) is 0 Å². The van der Waals surface area contributed by atoms with Gasteiger partial charge in [0, 0.05) is 0 Å². The summed E-state index contributed by atoms with van der Waals surface area (Å²) in [6.07, 6.45) is 2.92. The molecule has 0 amide bonds. The fraction of sp³-hybridized carbons (Fsp3) is 0.235. The number of hydrogen-bond donors (Lipinski definition) is 0. The molecule has 1 aromatic carbocycles. The van der Waals surface area contributed by atoms with E-state index in [0.717, 1.165) is 5.56 Å². The van der Waals surface area contributed by atoms with Crippen LogP contribution in [0, 0.1) is 6.92 Å². The summed E-state index contributed by atoms with van der Waals surface area (Å²) < 4.78 is 15.9. The van der Waals surface area contributed by atoms with Gasteiger partial charge in [-0.1, -0.05) is 18.2 Å². The summed E-state index contributed by atoms with van der Waals surface area (Å²) in [7, 11) is 2.77. The maximum atomic E-state index is 12.0. The SMILES string of the molecule is CC=C(C(=O)OC)c1c(OC)ncnc1Oc1cccc(C)c1. The van der Waals surface area contributed by atoms with Gasteiger partial charge in [-0.2, -0.15) is 0 Å². The van der Waals surface area contributed by atoms with Crippen LogP contribution in [0.4, 0.5) is 0 Å². The van der Waals surface area contributed by atoms with Crippen LogP contribution in [0.3, 0.4) is 0 Å². The van der Waals surface area contributed by atoms with Crippen LogP contribution in [0.5, 0.6) is 17.5 Å². The Hall–Kier alpha value is -2.89. The number of allylic oxidation sites excluding steroid dienone is 1. The number of carbonyl (C=O) groups excluding carboxylic acids is 1. The van der Waals surface area contributed by atoms with Gasteiger partial charge in [0.15, 0.2) is 0 Å². The Bertz CT molecular complexity index is 741. The number of benzene rings is 1. The Balaban J connectivity index is 2.53. The van der Waals surface area contributed by atoms with Crippen LogP contribution >= 0.6 is 0 Å². The first kappa shape index (κ1) is 16.5. The molecule has 6 heteroatoms. The predicted molar refractivity (Wildman–Crippen MR) is 85.5 cm³/mol. The van der Waals surface area contributed by atoms with Crippen molar-refractivity contribution >= 4 is 11.5 Å². The molecule has 0 bridgehead atoms. The summed E-state index contributed by atoms with van der Waals surface area (Å²) in [4.78, 5) is 20.2. The highest BCUT2D eigenvalue weighted by molar-refractivity contribution is 6.17. The third kappa shape index (κ3) is 3.66. The molecule has 0 spiro atoms. The molecule has 0 saturated heterocycles. The quantitative estimate of drug-likeness (QED) is 0.623. The maximum absolute atomic E-state index is 12.0. The largest absolute Gasteiger partial charge is 0.480 e. The number of aryl methyl sites for hydroxylation is 1. The van der Waals surface area contributed by atoms with Gasteiger partial charge in [-0.3, -0.25) is 0 Å². The molecule has 0 radical (unpaired) electrons. The molecule has 0 fully saturated rings. The molecular formula is C17H18N2O4. The Morgan fingerprint density at radius 1 is 1.17 bits per heavy atom. The van der Waals surface area contributed by atoms with Crippen molar-refractivity contribution in [1.82, 2.24) is 9.97 Å². The normalized spacial score (nSPS) is 11.0. The Kier molecular flexibility index (Phi) is 5.30. The molecule has 2 aromatic rings. The summed E-state index contributed by atoms with van der Waals surface area (Å²) in [5, 5.41) is 0. The van der Waals surface area contributed by atoms with Gasteiger partial charge in [0.1, 0.15) is 17.6 Å². The zero-order valence-electron chi connectivity index (χ0n) is 13.5. The zero-order chi connectivity index (χ0) is 16.8. The highest BCUT2D eigenvalue weighted by atomic mass is 16.5. The average Bonchev–Trinajstić information content (AvgIpc) is 2.56. The molecule has 0 N–H and O–H groups in total. The minimum absolute atomic E-state index is 0.223. The second-order valence-electron chi connectivity index (χ2n) is 4.68. The lowest BCUT2D eigenvalue weighted by Gasteiger charge is -2.14. The Morgan fingerprint density at radius 2 is 1.91 bits per heavy atom. The van der Waals surface area contributed by atoms with E-state index in [0.29, 0.717) is 11.3 Å². The van der Waals surface area contributed by atoms with Crippen LogP contribution in [0.2, 0.25) is 0 Å². The first-order valence-electron chi connectivity index (χ1n) is 6.99. The molecular weight excluding hydrogens is 296 g/mol. The predicted octanol–water partition coefficient (Wildman–Crippen LogP) is 3.16. The fourth-order valence-corrected chi connectivity index (χ4v) is 2.08. The van der Waals surface area contributed by atoms with Crippen molar-refractivity contribution < 1.29 is 19.0 Å². The molecule has 0 aliphatic rings. The molecule has 0 aliphatic carbocycles. The highest BCUT2D eigenvalue weighted by Crippen LogP contribution is 2.34. The van der Waals surface area contributed by atoms with Crippen molar-refractivity contribution in [2.24, 2.45) is 0 Å². The van der Waals surface area contributed by atoms with E-state index < -0.39 is 5.97 Å². The van der Waals surface area contributed by atoms with Crippen LogP contribution < -0.4 is 9.47 Å². The molecule has 23 heavy (non-hydrogen) atoms. The molecule has 0 aliphatic heterocycles. The van der Waals surface area contributed by atoms with Gasteiger partial charge in [0.2, 0.25) is 11.8 Å². The molecule has 6 nitrogen and oxygen atoms in total. The second-order valence-corrected chi connectivity index (χ2v) is 4.68. The van der Waals surface area contributed by atoms with Gasteiger partial charge >= 0.3 is 5.97 Å². The van der Waals surface area contributed by atoms with E-state index in [1.165, 1.54) is 20.5 Å². The first-order valence-corrected chi connectivity index (χ1v) is 6.99. The number of aromatic nitrogens is 2. The number of nitrogens with zero attached hydrogens (tertiary/aromatic N) is 2. The van der Waals surface area contributed by atoms with E-state index in [1.807, 2.05) is 25.1 Å². The van der Waals surface area contributed by atoms with Crippen LogP contribution in [-0.4, -0.2) is 30.2 Å². The first-order chi connectivity index (χ1) is 11.1. The van der Waals surface area contributed by atoms with Crippen molar-refractivity contribution in [2.75, 3.05) is 14.2 Å². The smallest absolute Gasteiger partial charge is 0.338 e. The molecule has 1 aromatic heterocycles. The average molecular weight is 314 g/mol. The molecule has 0 unspecified atom stereocenters. The van der Waals surface area contributed by atoms with Crippen molar-refractivity contribution in [3.05, 3.63) is 47.8 Å². The van der Waals surface area contributed by atoms with Gasteiger partial charge in [-0.05, 0) is 31.5 Å². The van der Waals surface area contributed by atoms with Crippen molar-refractivity contribution in [3.8, 4) is 17.5 Å². The molecule has 0 atom stereocenters. The number of carbonyl (C=O) groups is 1. The Morgan fingerprint density at radius 3 is 2.52 bits per heavy atom. The summed E-state index contributed by atoms with van der Waals surface area (Å²) in [6.45, 7) is 3.68. The van der Waals surface area contributed by atoms with Crippen LogP contribution in [0.15, 0.2) is 36.7 Å². The molecule has 2 rings (SSSR count). The fourth-order valence-electron chi connectivity index (χ4n) is 2.08. The Labute approximate surface area is 134 Å². The molecule has 1 heterocycles. The monoisotopic (exact) mass is 314 g/mol. The second kappa shape index (κ2) is 7.40. The lowest BCUT2D eigenvalue weighted by atomic mass is 10.1. The maximum Gasteiger partial charge on any atom is 0.338 e. The summed E-state index contributed by atoms with van der Waals surface area (Å²) in [5.41, 5.74) is 1.67. The van der Waals surface area contributed by atoms with E-state index in [4.69, 9.17) is 14.2 Å².